The number of hydrogen-bond donors (Lipinski definition) is 3. The second kappa shape index (κ2) is 7.00. The summed E-state index contributed by atoms with van der Waals surface area (Å²) in [7, 11) is 0. The molecule has 0 saturated carbocycles. The number of ether oxygens (including phenoxy) is 1. The van der Waals surface area contributed by atoms with Crippen LogP contribution in [0.25, 0.3) is 0 Å². The molecule has 1 unspecified atom stereocenters. The Hall–Kier alpha value is -2.08. The Morgan fingerprint density at radius 3 is 2.96 bits per heavy atom. The van der Waals surface area contributed by atoms with Crippen LogP contribution in [0.15, 0.2) is 18.2 Å². The summed E-state index contributed by atoms with van der Waals surface area (Å²) in [5, 5.41) is 9.01. The van der Waals surface area contributed by atoms with Gasteiger partial charge in [0.25, 0.3) is 5.91 Å². The van der Waals surface area contributed by atoms with Crippen LogP contribution < -0.4 is 20.7 Å². The van der Waals surface area contributed by atoms with Gasteiger partial charge in [-0.15, -0.1) is 0 Å². The maximum absolute atomic E-state index is 12.2. The standard InChI is InChI=1S/C17H23N3O3/c1-11(12-4-6-18-7-5-12)8-16(21)19-13-2-3-14-15(9-13)23-10-17(22)20-14/h2-3,9,11-12,18H,4-8,10H2,1H3,(H,19,21)(H,20,22). The number of carbonyl (C=O) groups excluding carboxylic acids is 2. The van der Waals surface area contributed by atoms with Crippen molar-refractivity contribution in [3.63, 3.8) is 0 Å². The molecule has 23 heavy (non-hydrogen) atoms. The van der Waals surface area contributed by atoms with Gasteiger partial charge in [-0.25, -0.2) is 0 Å². The molecule has 1 aromatic rings. The van der Waals surface area contributed by atoms with Crippen molar-refractivity contribution < 1.29 is 14.3 Å². The molecule has 6 heteroatoms. The van der Waals surface area contributed by atoms with Crippen LogP contribution >= 0.6 is 0 Å². The van der Waals surface area contributed by atoms with Crippen molar-refractivity contribution in [1.82, 2.24) is 5.32 Å². The van der Waals surface area contributed by atoms with Crippen LogP contribution in [0.3, 0.4) is 0 Å². The van der Waals surface area contributed by atoms with E-state index in [2.05, 4.69) is 22.9 Å². The third-order valence-electron chi connectivity index (χ3n) is 4.59. The van der Waals surface area contributed by atoms with Gasteiger partial charge >= 0.3 is 0 Å². The van der Waals surface area contributed by atoms with E-state index in [0.29, 0.717) is 35.4 Å². The first-order chi connectivity index (χ1) is 11.1. The molecule has 0 aromatic heterocycles. The van der Waals surface area contributed by atoms with Crippen LogP contribution in [0, 0.1) is 11.8 Å². The van der Waals surface area contributed by atoms with Gasteiger partial charge < -0.3 is 20.7 Å². The maximum atomic E-state index is 12.2. The van der Waals surface area contributed by atoms with E-state index in [-0.39, 0.29) is 18.4 Å². The second-order valence-corrected chi connectivity index (χ2v) is 6.36. The minimum atomic E-state index is -0.162. The number of carbonyl (C=O) groups is 2. The summed E-state index contributed by atoms with van der Waals surface area (Å²) in [5.41, 5.74) is 1.34. The molecule has 0 aliphatic carbocycles. The zero-order valence-electron chi connectivity index (χ0n) is 13.4. The number of nitrogens with one attached hydrogen (secondary N) is 3. The van der Waals surface area contributed by atoms with E-state index < -0.39 is 0 Å². The van der Waals surface area contributed by atoms with E-state index >= 15 is 0 Å². The lowest BCUT2D eigenvalue weighted by Gasteiger charge is -2.28. The third-order valence-corrected chi connectivity index (χ3v) is 4.59. The summed E-state index contributed by atoms with van der Waals surface area (Å²) in [6, 6.07) is 5.28. The molecule has 2 aliphatic heterocycles. The van der Waals surface area contributed by atoms with Crippen molar-refractivity contribution in [3.8, 4) is 5.75 Å². The number of fused-ring (bicyclic) bond motifs is 1. The van der Waals surface area contributed by atoms with Crippen LogP contribution in [0.4, 0.5) is 11.4 Å². The fourth-order valence-electron chi connectivity index (χ4n) is 3.24. The number of amides is 2. The Labute approximate surface area is 136 Å². The molecular formula is C17H23N3O3. The predicted octanol–water partition coefficient (Wildman–Crippen LogP) is 1.98. The molecule has 1 saturated heterocycles. The fourth-order valence-corrected chi connectivity index (χ4v) is 3.24. The summed E-state index contributed by atoms with van der Waals surface area (Å²) >= 11 is 0. The van der Waals surface area contributed by atoms with Gasteiger partial charge in [-0.2, -0.15) is 0 Å². The van der Waals surface area contributed by atoms with Gasteiger partial charge in [0.05, 0.1) is 5.69 Å². The number of anilines is 2. The number of piperidine rings is 1. The van der Waals surface area contributed by atoms with Gasteiger partial charge in [0.2, 0.25) is 5.91 Å². The highest BCUT2D eigenvalue weighted by Gasteiger charge is 2.22. The smallest absolute Gasteiger partial charge is 0.262 e. The topological polar surface area (TPSA) is 79.5 Å². The third kappa shape index (κ3) is 4.01. The predicted molar refractivity (Wildman–Crippen MR) is 88.6 cm³/mol. The summed E-state index contributed by atoms with van der Waals surface area (Å²) in [6.07, 6.45) is 2.81. The minimum Gasteiger partial charge on any atom is -0.482 e. The molecule has 124 valence electrons. The van der Waals surface area contributed by atoms with Gasteiger partial charge in [0, 0.05) is 18.2 Å². The molecule has 0 spiro atoms. The summed E-state index contributed by atoms with van der Waals surface area (Å²) in [6.45, 7) is 4.26. The monoisotopic (exact) mass is 317 g/mol. The van der Waals surface area contributed by atoms with Crippen molar-refractivity contribution >= 4 is 23.2 Å². The highest BCUT2D eigenvalue weighted by atomic mass is 16.5. The van der Waals surface area contributed by atoms with Gasteiger partial charge in [-0.1, -0.05) is 6.92 Å². The molecule has 0 bridgehead atoms. The quantitative estimate of drug-likeness (QED) is 0.793. The van der Waals surface area contributed by atoms with Crippen molar-refractivity contribution in [2.75, 3.05) is 30.3 Å². The lowest BCUT2D eigenvalue weighted by molar-refractivity contribution is -0.119. The van der Waals surface area contributed by atoms with Crippen molar-refractivity contribution in [3.05, 3.63) is 18.2 Å². The zero-order chi connectivity index (χ0) is 16.2. The highest BCUT2D eigenvalue weighted by molar-refractivity contribution is 5.97. The van der Waals surface area contributed by atoms with Crippen molar-refractivity contribution in [2.45, 2.75) is 26.2 Å². The normalized spacial score (nSPS) is 19.3. The molecule has 3 N–H and O–H groups in total. The van der Waals surface area contributed by atoms with E-state index in [9.17, 15) is 9.59 Å². The lowest BCUT2D eigenvalue weighted by Crippen LogP contribution is -2.32. The van der Waals surface area contributed by atoms with E-state index in [1.807, 2.05) is 0 Å². The molecule has 1 fully saturated rings. The first-order valence-corrected chi connectivity index (χ1v) is 8.19. The van der Waals surface area contributed by atoms with Crippen molar-refractivity contribution in [1.29, 1.82) is 0 Å². The van der Waals surface area contributed by atoms with Gasteiger partial charge in [0.1, 0.15) is 5.75 Å². The molecule has 0 radical (unpaired) electrons. The van der Waals surface area contributed by atoms with Crippen LogP contribution in [0.5, 0.6) is 5.75 Å². The van der Waals surface area contributed by atoms with Crippen LogP contribution in [-0.2, 0) is 9.59 Å². The molecule has 2 heterocycles. The average molecular weight is 317 g/mol. The highest BCUT2D eigenvalue weighted by Crippen LogP contribution is 2.31. The summed E-state index contributed by atoms with van der Waals surface area (Å²) in [5.74, 6) is 1.45. The summed E-state index contributed by atoms with van der Waals surface area (Å²) < 4.78 is 5.36. The Morgan fingerprint density at radius 2 is 2.17 bits per heavy atom. The molecule has 3 rings (SSSR count). The van der Waals surface area contributed by atoms with Crippen molar-refractivity contribution in [2.24, 2.45) is 11.8 Å². The van der Waals surface area contributed by atoms with Crippen LogP contribution in [0.2, 0.25) is 0 Å². The van der Waals surface area contributed by atoms with E-state index in [0.717, 1.165) is 25.9 Å². The average Bonchev–Trinajstić information content (AvgIpc) is 2.55. The van der Waals surface area contributed by atoms with E-state index in [4.69, 9.17) is 4.74 Å². The SMILES string of the molecule is CC(CC(=O)Nc1ccc2c(c1)OCC(=O)N2)C1CCNCC1. The first kappa shape index (κ1) is 15.8. The van der Waals surface area contributed by atoms with E-state index in [1.165, 1.54) is 0 Å². The van der Waals surface area contributed by atoms with Gasteiger partial charge in [-0.05, 0) is 49.9 Å². The molecular weight excluding hydrogens is 294 g/mol. The Kier molecular flexibility index (Phi) is 4.81. The fraction of sp³-hybridized carbons (Fsp3) is 0.529. The molecule has 2 aliphatic rings. The van der Waals surface area contributed by atoms with E-state index in [1.54, 1.807) is 18.2 Å². The molecule has 6 nitrogen and oxygen atoms in total. The van der Waals surface area contributed by atoms with Crippen LogP contribution in [0.1, 0.15) is 26.2 Å². The zero-order valence-corrected chi connectivity index (χ0v) is 13.4. The van der Waals surface area contributed by atoms with Gasteiger partial charge in [0.15, 0.2) is 6.61 Å². The van der Waals surface area contributed by atoms with Gasteiger partial charge in [-0.3, -0.25) is 9.59 Å². The Bertz CT molecular complexity index is 597. The Morgan fingerprint density at radius 1 is 1.39 bits per heavy atom. The number of hydrogen-bond acceptors (Lipinski definition) is 4. The first-order valence-electron chi connectivity index (χ1n) is 8.19. The largest absolute Gasteiger partial charge is 0.482 e. The summed E-state index contributed by atoms with van der Waals surface area (Å²) in [4.78, 5) is 23.5. The lowest BCUT2D eigenvalue weighted by atomic mass is 9.84. The molecule has 1 atom stereocenters. The Balaban J connectivity index is 1.56. The molecule has 1 aromatic carbocycles. The maximum Gasteiger partial charge on any atom is 0.262 e. The van der Waals surface area contributed by atoms with Crippen LogP contribution in [-0.4, -0.2) is 31.5 Å². The number of benzene rings is 1. The number of rotatable bonds is 4. The molecule has 2 amide bonds. The second-order valence-electron chi connectivity index (χ2n) is 6.36. The minimum absolute atomic E-state index is 0.0111.